The topological polar surface area (TPSA) is 24.8 Å². The van der Waals surface area contributed by atoms with Crippen molar-refractivity contribution in [2.24, 2.45) is 0 Å². The summed E-state index contributed by atoms with van der Waals surface area (Å²) in [5.41, 5.74) is 2.30. The highest BCUT2D eigenvalue weighted by atomic mass is 32.2. The lowest BCUT2D eigenvalue weighted by Gasteiger charge is -2.37. The molecule has 2 aromatic carbocycles. The maximum Gasteiger partial charge on any atom is 0.282 e. The van der Waals surface area contributed by atoms with Crippen molar-refractivity contribution in [2.75, 3.05) is 30.3 Å². The number of amides is 1. The lowest BCUT2D eigenvalue weighted by molar-refractivity contribution is -0.878. The molecule has 0 aliphatic carbocycles. The molecule has 0 radical (unpaired) electrons. The van der Waals surface area contributed by atoms with Gasteiger partial charge in [-0.15, -0.1) is 11.8 Å². The van der Waals surface area contributed by atoms with Gasteiger partial charge in [0.2, 0.25) is 0 Å². The summed E-state index contributed by atoms with van der Waals surface area (Å²) in [6, 6.07) is 18.9. The standard InChI is InChI=1S/C20H22N2OS/c23-20(14-21-12-6-7-13-21)22-17-10-4-5-11-19(17)24-15-18(22)16-8-2-1-3-9-16/h1-5,8-11,18H,6-7,12-15H2/p+1/t18-/m1/s1. The highest BCUT2D eigenvalue weighted by molar-refractivity contribution is 7.99. The van der Waals surface area contributed by atoms with Crippen LogP contribution in [0.3, 0.4) is 0 Å². The summed E-state index contributed by atoms with van der Waals surface area (Å²) in [4.78, 5) is 17.9. The number of fused-ring (bicyclic) bond motifs is 1. The number of benzene rings is 2. The second-order valence-electron chi connectivity index (χ2n) is 6.60. The predicted molar refractivity (Wildman–Crippen MR) is 98.6 cm³/mol. The monoisotopic (exact) mass is 339 g/mol. The quantitative estimate of drug-likeness (QED) is 0.929. The van der Waals surface area contributed by atoms with E-state index in [4.69, 9.17) is 0 Å². The molecule has 0 unspecified atom stereocenters. The minimum absolute atomic E-state index is 0.126. The molecule has 1 fully saturated rings. The number of quaternary nitrogens is 1. The molecule has 24 heavy (non-hydrogen) atoms. The summed E-state index contributed by atoms with van der Waals surface area (Å²) in [7, 11) is 0. The van der Waals surface area contributed by atoms with Crippen molar-refractivity contribution in [2.45, 2.75) is 23.8 Å². The molecule has 1 N–H and O–H groups in total. The second kappa shape index (κ2) is 6.99. The first kappa shape index (κ1) is 15.7. The number of hydrogen-bond donors (Lipinski definition) is 1. The van der Waals surface area contributed by atoms with E-state index in [1.54, 1.807) is 0 Å². The van der Waals surface area contributed by atoms with Crippen LogP contribution >= 0.6 is 11.8 Å². The predicted octanol–water partition coefficient (Wildman–Crippen LogP) is 2.55. The SMILES string of the molecule is O=C(C[NH+]1CCCC1)N1c2ccccc2SC[C@@H]1c1ccccc1. The first-order chi connectivity index (χ1) is 11.8. The van der Waals surface area contributed by atoms with E-state index < -0.39 is 0 Å². The lowest BCUT2D eigenvalue weighted by Crippen LogP contribution is -3.11. The van der Waals surface area contributed by atoms with Crippen LogP contribution in [0.4, 0.5) is 5.69 Å². The van der Waals surface area contributed by atoms with E-state index in [1.165, 1.54) is 28.2 Å². The molecule has 1 saturated heterocycles. The maximum absolute atomic E-state index is 13.2. The third-order valence-corrected chi connectivity index (χ3v) is 6.14. The smallest absolute Gasteiger partial charge is 0.282 e. The zero-order valence-electron chi connectivity index (χ0n) is 13.8. The van der Waals surface area contributed by atoms with Crippen LogP contribution in [0.1, 0.15) is 24.4 Å². The molecule has 0 aromatic heterocycles. The van der Waals surface area contributed by atoms with Gasteiger partial charge in [-0.1, -0.05) is 42.5 Å². The van der Waals surface area contributed by atoms with E-state index in [-0.39, 0.29) is 11.9 Å². The van der Waals surface area contributed by atoms with Crippen LogP contribution in [0.2, 0.25) is 0 Å². The van der Waals surface area contributed by atoms with Crippen molar-refractivity contribution in [3.05, 3.63) is 60.2 Å². The number of hydrogen-bond acceptors (Lipinski definition) is 2. The average molecular weight is 339 g/mol. The molecule has 3 nitrogen and oxygen atoms in total. The van der Waals surface area contributed by atoms with Crippen LogP contribution in [-0.4, -0.2) is 31.3 Å². The van der Waals surface area contributed by atoms with Gasteiger partial charge in [0.25, 0.3) is 5.91 Å². The van der Waals surface area contributed by atoms with Crippen molar-refractivity contribution in [3.8, 4) is 0 Å². The van der Waals surface area contributed by atoms with Crippen molar-refractivity contribution in [3.63, 3.8) is 0 Å². The Kier molecular flexibility index (Phi) is 4.58. The summed E-state index contributed by atoms with van der Waals surface area (Å²) in [5, 5.41) is 0. The minimum Gasteiger partial charge on any atom is -0.327 e. The lowest BCUT2D eigenvalue weighted by atomic mass is 10.1. The van der Waals surface area contributed by atoms with Crippen molar-refractivity contribution in [1.82, 2.24) is 0 Å². The van der Waals surface area contributed by atoms with Gasteiger partial charge in [-0.3, -0.25) is 9.69 Å². The van der Waals surface area contributed by atoms with Crippen molar-refractivity contribution >= 4 is 23.4 Å². The molecule has 2 heterocycles. The van der Waals surface area contributed by atoms with Gasteiger partial charge in [-0.2, -0.15) is 0 Å². The molecule has 2 aliphatic heterocycles. The van der Waals surface area contributed by atoms with E-state index in [0.717, 1.165) is 24.5 Å². The largest absolute Gasteiger partial charge is 0.327 e. The Morgan fingerprint density at radius 1 is 1.04 bits per heavy atom. The number of likely N-dealkylation sites (tertiary alicyclic amines) is 1. The van der Waals surface area contributed by atoms with E-state index >= 15 is 0 Å². The van der Waals surface area contributed by atoms with E-state index in [2.05, 4.69) is 47.4 Å². The number of thioether (sulfide) groups is 1. The first-order valence-corrected chi connectivity index (χ1v) is 9.74. The third-order valence-electron chi connectivity index (χ3n) is 5.00. The molecule has 1 amide bonds. The summed E-state index contributed by atoms with van der Waals surface area (Å²) in [6.45, 7) is 2.88. The number of anilines is 1. The van der Waals surface area contributed by atoms with Gasteiger partial charge in [-0.05, 0) is 17.7 Å². The molecule has 4 heteroatoms. The minimum atomic E-state index is 0.126. The molecular weight excluding hydrogens is 316 g/mol. The van der Waals surface area contributed by atoms with Crippen LogP contribution in [0.25, 0.3) is 0 Å². The Morgan fingerprint density at radius 2 is 1.75 bits per heavy atom. The normalized spacial score (nSPS) is 20.8. The molecule has 0 bridgehead atoms. The van der Waals surface area contributed by atoms with Gasteiger partial charge in [0.1, 0.15) is 0 Å². The number of nitrogens with one attached hydrogen (secondary N) is 1. The molecule has 0 saturated carbocycles. The maximum atomic E-state index is 13.2. The van der Waals surface area contributed by atoms with Crippen LogP contribution in [0.15, 0.2) is 59.5 Å². The number of para-hydroxylation sites is 1. The van der Waals surface area contributed by atoms with Gasteiger partial charge >= 0.3 is 0 Å². The highest BCUT2D eigenvalue weighted by Gasteiger charge is 2.34. The van der Waals surface area contributed by atoms with Crippen LogP contribution < -0.4 is 9.80 Å². The first-order valence-electron chi connectivity index (χ1n) is 8.75. The van der Waals surface area contributed by atoms with Gasteiger partial charge in [0, 0.05) is 23.5 Å². The number of carbonyl (C=O) groups excluding carboxylic acids is 1. The van der Waals surface area contributed by atoms with E-state index in [1.807, 2.05) is 23.9 Å². The van der Waals surface area contributed by atoms with Crippen LogP contribution in [0, 0.1) is 0 Å². The third kappa shape index (κ3) is 3.08. The fourth-order valence-electron chi connectivity index (χ4n) is 3.77. The van der Waals surface area contributed by atoms with Crippen LogP contribution in [0.5, 0.6) is 0 Å². The van der Waals surface area contributed by atoms with Gasteiger partial charge < -0.3 is 4.90 Å². The average Bonchev–Trinajstić information content (AvgIpc) is 3.14. The zero-order chi connectivity index (χ0) is 16.4. The fourth-order valence-corrected chi connectivity index (χ4v) is 4.94. The molecule has 0 spiro atoms. The molecular formula is C20H23N2OS+. The Hall–Kier alpha value is -1.78. The zero-order valence-corrected chi connectivity index (χ0v) is 14.6. The number of rotatable bonds is 3. The Balaban J connectivity index is 1.67. The van der Waals surface area contributed by atoms with Gasteiger partial charge in [-0.25, -0.2) is 0 Å². The number of carbonyl (C=O) groups is 1. The van der Waals surface area contributed by atoms with E-state index in [0.29, 0.717) is 6.54 Å². The van der Waals surface area contributed by atoms with Crippen molar-refractivity contribution in [1.29, 1.82) is 0 Å². The second-order valence-corrected chi connectivity index (χ2v) is 7.66. The molecule has 2 aromatic rings. The molecule has 2 aliphatic rings. The van der Waals surface area contributed by atoms with Crippen molar-refractivity contribution < 1.29 is 9.69 Å². The summed E-state index contributed by atoms with van der Waals surface area (Å²) >= 11 is 1.85. The Bertz CT molecular complexity index is 713. The fraction of sp³-hybridized carbons (Fsp3) is 0.350. The summed E-state index contributed by atoms with van der Waals surface area (Å²) < 4.78 is 0. The Labute approximate surface area is 147 Å². The molecule has 4 rings (SSSR count). The van der Waals surface area contributed by atoms with Crippen LogP contribution in [-0.2, 0) is 4.79 Å². The summed E-state index contributed by atoms with van der Waals surface area (Å²) in [6.07, 6.45) is 2.49. The van der Waals surface area contributed by atoms with Gasteiger partial charge in [0.05, 0.1) is 24.8 Å². The van der Waals surface area contributed by atoms with E-state index in [9.17, 15) is 4.79 Å². The molecule has 124 valence electrons. The number of nitrogens with zero attached hydrogens (tertiary/aromatic N) is 1. The Morgan fingerprint density at radius 3 is 2.54 bits per heavy atom. The van der Waals surface area contributed by atoms with Gasteiger partial charge in [0.15, 0.2) is 6.54 Å². The highest BCUT2D eigenvalue weighted by Crippen LogP contribution is 2.42. The summed E-state index contributed by atoms with van der Waals surface area (Å²) in [5.74, 6) is 1.18. The molecule has 1 atom stereocenters.